The number of nitrogens with zero attached hydrogens (tertiary/aromatic N) is 5. The third-order valence-electron chi connectivity index (χ3n) is 6.33. The predicted octanol–water partition coefficient (Wildman–Crippen LogP) is 2.68. The van der Waals surface area contributed by atoms with E-state index in [-0.39, 0.29) is 28.4 Å². The second kappa shape index (κ2) is 8.33. The van der Waals surface area contributed by atoms with Crippen LogP contribution in [0.15, 0.2) is 65.5 Å². The molecule has 1 aromatic carbocycles. The quantitative estimate of drug-likeness (QED) is 0.240. The number of nitrogens with one attached hydrogen (secondary N) is 1. The Morgan fingerprint density at radius 3 is 2.48 bits per heavy atom. The molecule has 4 rings (SSSR count). The molecule has 0 radical (unpaired) electrons. The van der Waals surface area contributed by atoms with Crippen molar-refractivity contribution < 1.29 is 14.6 Å². The SMILES string of the molecule is Cc1cccc[n+]1[C@H]1[C@H](c2ccc([N+](=O)[O-])cc2)C(C#N)=C(C(=C=[N-])C#N)N[C@@]1(O)C1CC1. The second-order valence-corrected chi connectivity index (χ2v) is 8.24. The van der Waals surface area contributed by atoms with Crippen LogP contribution in [0.25, 0.3) is 5.41 Å². The highest BCUT2D eigenvalue weighted by atomic mass is 16.6. The molecule has 164 valence electrons. The molecule has 2 heterocycles. The molecule has 9 heteroatoms. The van der Waals surface area contributed by atoms with E-state index in [4.69, 9.17) is 0 Å². The summed E-state index contributed by atoms with van der Waals surface area (Å²) in [5, 5.41) is 55.4. The van der Waals surface area contributed by atoms with Gasteiger partial charge in [0.1, 0.15) is 6.07 Å². The summed E-state index contributed by atoms with van der Waals surface area (Å²) in [6.07, 6.45) is 3.29. The summed E-state index contributed by atoms with van der Waals surface area (Å²) in [5.41, 5.74) is -0.441. The largest absolute Gasteiger partial charge is 0.762 e. The van der Waals surface area contributed by atoms with E-state index >= 15 is 0 Å². The summed E-state index contributed by atoms with van der Waals surface area (Å²) in [5.74, 6) is 0.895. The third kappa shape index (κ3) is 3.66. The van der Waals surface area contributed by atoms with Crippen molar-refractivity contribution in [2.24, 2.45) is 5.92 Å². The Balaban J connectivity index is 2.04. The molecule has 2 aromatic rings. The number of benzene rings is 1. The molecule has 33 heavy (non-hydrogen) atoms. The van der Waals surface area contributed by atoms with Crippen molar-refractivity contribution in [1.82, 2.24) is 5.32 Å². The lowest BCUT2D eigenvalue weighted by Crippen LogP contribution is -2.66. The Morgan fingerprint density at radius 1 is 1.27 bits per heavy atom. The fraction of sp³-hybridized carbons (Fsp3) is 0.292. The molecule has 3 atom stereocenters. The number of hydrogen-bond acceptors (Lipinski definition) is 6. The van der Waals surface area contributed by atoms with E-state index in [1.165, 1.54) is 12.1 Å². The van der Waals surface area contributed by atoms with Crippen molar-refractivity contribution in [1.29, 1.82) is 10.5 Å². The maximum absolute atomic E-state index is 12.0. The van der Waals surface area contributed by atoms with Crippen molar-refractivity contribution in [2.45, 2.75) is 37.5 Å². The fourth-order valence-corrected chi connectivity index (χ4v) is 4.61. The summed E-state index contributed by atoms with van der Waals surface area (Å²) in [6.45, 7) is 1.88. The predicted molar refractivity (Wildman–Crippen MR) is 117 cm³/mol. The molecule has 2 aliphatic rings. The van der Waals surface area contributed by atoms with Gasteiger partial charge in [-0.25, -0.2) is 5.87 Å². The molecular weight excluding hydrogens is 420 g/mol. The number of aliphatic hydroxyl groups is 1. The average Bonchev–Trinajstić information content (AvgIpc) is 3.66. The van der Waals surface area contributed by atoms with Crippen molar-refractivity contribution in [3.63, 3.8) is 0 Å². The second-order valence-electron chi connectivity index (χ2n) is 8.24. The van der Waals surface area contributed by atoms with Crippen LogP contribution in [0, 0.1) is 45.6 Å². The van der Waals surface area contributed by atoms with Gasteiger partial charge in [0.05, 0.1) is 33.8 Å². The van der Waals surface area contributed by atoms with E-state index in [2.05, 4.69) is 11.4 Å². The van der Waals surface area contributed by atoms with Gasteiger partial charge in [-0.2, -0.15) is 15.1 Å². The first-order chi connectivity index (χ1) is 15.8. The minimum Gasteiger partial charge on any atom is -0.762 e. The molecule has 1 fully saturated rings. The van der Waals surface area contributed by atoms with Crippen LogP contribution in [0.1, 0.15) is 36.1 Å². The standard InChI is InChI=1S/C24H20N6O3/c1-15-4-2-3-11-29(15)23-21(16-5-9-19(10-6-16)30(32)33)20(14-27)22(17(12-25)13-26)28-24(23,31)18-7-8-18/h2-6,9-11,18,21,23,28,31H,7-8H2,1H3/t21-,23+,24-/m1/s1. The average molecular weight is 440 g/mol. The van der Waals surface area contributed by atoms with Gasteiger partial charge in [-0.05, 0) is 18.4 Å². The summed E-state index contributed by atoms with van der Waals surface area (Å²) < 4.78 is 1.88. The van der Waals surface area contributed by atoms with Gasteiger partial charge in [0.15, 0.2) is 11.9 Å². The smallest absolute Gasteiger partial charge is 0.269 e. The molecule has 0 bridgehead atoms. The van der Waals surface area contributed by atoms with E-state index in [1.54, 1.807) is 12.1 Å². The van der Waals surface area contributed by atoms with Crippen molar-refractivity contribution >= 4 is 11.6 Å². The van der Waals surface area contributed by atoms with Crippen molar-refractivity contribution in [3.8, 4) is 12.1 Å². The summed E-state index contributed by atoms with van der Waals surface area (Å²) >= 11 is 0. The fourth-order valence-electron chi connectivity index (χ4n) is 4.61. The molecule has 0 spiro atoms. The maximum atomic E-state index is 12.0. The van der Waals surface area contributed by atoms with Gasteiger partial charge in [0, 0.05) is 37.1 Å². The number of aromatic nitrogens is 1. The zero-order chi connectivity index (χ0) is 23.8. The Kier molecular flexibility index (Phi) is 5.53. The van der Waals surface area contributed by atoms with Gasteiger partial charge in [-0.1, -0.05) is 18.2 Å². The molecule has 1 aromatic heterocycles. The van der Waals surface area contributed by atoms with Crippen LogP contribution in [0.2, 0.25) is 0 Å². The summed E-state index contributed by atoms with van der Waals surface area (Å²) in [7, 11) is 0. The number of nitro benzene ring substituents is 1. The van der Waals surface area contributed by atoms with Gasteiger partial charge in [0.25, 0.3) is 5.69 Å². The van der Waals surface area contributed by atoms with Gasteiger partial charge in [0.2, 0.25) is 11.8 Å². The number of nitro groups is 1. The normalized spacial score (nSPS) is 24.1. The molecule has 0 amide bonds. The van der Waals surface area contributed by atoms with Crippen LogP contribution in [-0.4, -0.2) is 21.6 Å². The maximum Gasteiger partial charge on any atom is 0.269 e. The first-order valence-electron chi connectivity index (χ1n) is 10.4. The lowest BCUT2D eigenvalue weighted by Gasteiger charge is -2.43. The summed E-state index contributed by atoms with van der Waals surface area (Å²) in [6, 6.07) is 14.6. The van der Waals surface area contributed by atoms with Crippen molar-refractivity contribution in [3.05, 3.63) is 92.3 Å². The minimum absolute atomic E-state index is 0.00527. The molecule has 2 N–H and O–H groups in total. The highest BCUT2D eigenvalue weighted by Gasteiger charge is 2.61. The van der Waals surface area contributed by atoms with Gasteiger partial charge in [-0.3, -0.25) is 10.1 Å². The van der Waals surface area contributed by atoms with E-state index in [0.29, 0.717) is 5.56 Å². The van der Waals surface area contributed by atoms with E-state index < -0.39 is 22.6 Å². The van der Waals surface area contributed by atoms with Crippen LogP contribution < -0.4 is 9.88 Å². The molecule has 9 nitrogen and oxygen atoms in total. The highest BCUT2D eigenvalue weighted by Crippen LogP contribution is 2.52. The highest BCUT2D eigenvalue weighted by molar-refractivity contribution is 5.74. The first-order valence-corrected chi connectivity index (χ1v) is 10.4. The zero-order valence-electron chi connectivity index (χ0n) is 17.8. The first kappa shape index (κ1) is 21.9. The van der Waals surface area contributed by atoms with E-state index in [0.717, 1.165) is 18.5 Å². The molecule has 1 aliphatic carbocycles. The number of aryl methyl sites for hydroxylation is 1. The van der Waals surface area contributed by atoms with Crippen molar-refractivity contribution in [2.75, 3.05) is 0 Å². The Bertz CT molecular complexity index is 1290. The number of hydrogen-bond donors (Lipinski definition) is 2. The Morgan fingerprint density at radius 2 is 1.97 bits per heavy atom. The van der Waals surface area contributed by atoms with Crippen LogP contribution in [0.3, 0.4) is 0 Å². The minimum atomic E-state index is -1.56. The summed E-state index contributed by atoms with van der Waals surface area (Å²) in [4.78, 5) is 10.7. The van der Waals surface area contributed by atoms with Crippen LogP contribution >= 0.6 is 0 Å². The molecule has 1 aliphatic heterocycles. The van der Waals surface area contributed by atoms with Gasteiger partial charge in [-0.15, -0.1) is 0 Å². The van der Waals surface area contributed by atoms with Crippen LogP contribution in [0.4, 0.5) is 5.69 Å². The van der Waals surface area contributed by atoms with Gasteiger partial charge < -0.3 is 15.8 Å². The molecular formula is C24H20N6O3. The monoisotopic (exact) mass is 440 g/mol. The number of non-ortho nitro benzene ring substituents is 1. The zero-order valence-corrected chi connectivity index (χ0v) is 17.8. The molecule has 1 saturated carbocycles. The Labute approximate surface area is 190 Å². The topological polar surface area (TPSA) is 149 Å². The Hall–Kier alpha value is -4.30. The number of rotatable bonds is 5. The number of nitriles is 2. The molecule has 0 unspecified atom stereocenters. The van der Waals surface area contributed by atoms with E-state index in [1.807, 2.05) is 47.8 Å². The third-order valence-corrected chi connectivity index (χ3v) is 6.33. The molecule has 0 saturated heterocycles. The number of pyridine rings is 1. The lowest BCUT2D eigenvalue weighted by atomic mass is 9.73. The lowest BCUT2D eigenvalue weighted by molar-refractivity contribution is -0.747. The van der Waals surface area contributed by atoms with Crippen LogP contribution in [-0.2, 0) is 0 Å². The number of allylic oxidation sites excluding steroid dienone is 2. The van der Waals surface area contributed by atoms with Gasteiger partial charge >= 0.3 is 0 Å². The van der Waals surface area contributed by atoms with E-state index in [9.17, 15) is 31.2 Å². The van der Waals surface area contributed by atoms with Crippen LogP contribution in [0.5, 0.6) is 0 Å².